The Morgan fingerprint density at radius 1 is 1.08 bits per heavy atom. The van der Waals surface area contributed by atoms with E-state index in [1.165, 1.54) is 31.4 Å². The molecule has 0 saturated heterocycles. The number of carbonyl (C=O) groups excluding carboxylic acids is 2. The number of ether oxygens (including phenoxy) is 2. The van der Waals surface area contributed by atoms with E-state index >= 15 is 0 Å². The first-order chi connectivity index (χ1) is 11.3. The lowest BCUT2D eigenvalue weighted by Gasteiger charge is -2.09. The maximum atomic E-state index is 12.1. The number of rotatable bonds is 5. The topological polar surface area (TPSA) is 78.6 Å². The molecule has 0 fully saturated rings. The van der Waals surface area contributed by atoms with E-state index in [1.807, 2.05) is 0 Å². The van der Waals surface area contributed by atoms with E-state index in [9.17, 15) is 9.59 Å². The number of carbonyl (C=O) groups is 2. The standard InChI is InChI=1S/C16H12Cl3NO4/c1-23-14-3-2-8(4-11(14)18)13(21)7-24-16(22)10-5-9(17)6-12(19)15(10)20/h2-6H,7,20H2,1H3. The zero-order valence-corrected chi connectivity index (χ0v) is 14.7. The van der Waals surface area contributed by atoms with Gasteiger partial charge in [-0.25, -0.2) is 4.79 Å². The second kappa shape index (κ2) is 7.75. The summed E-state index contributed by atoms with van der Waals surface area (Å²) < 4.78 is 9.98. The Labute approximate surface area is 153 Å². The summed E-state index contributed by atoms with van der Waals surface area (Å²) in [5.74, 6) is -0.795. The summed E-state index contributed by atoms with van der Waals surface area (Å²) in [6.07, 6.45) is 0. The third kappa shape index (κ3) is 4.12. The van der Waals surface area contributed by atoms with Crippen molar-refractivity contribution in [2.24, 2.45) is 0 Å². The van der Waals surface area contributed by atoms with Gasteiger partial charge in [0.15, 0.2) is 12.4 Å². The van der Waals surface area contributed by atoms with Crippen molar-refractivity contribution in [3.05, 3.63) is 56.5 Å². The molecule has 0 saturated carbocycles. The fraction of sp³-hybridized carbons (Fsp3) is 0.125. The van der Waals surface area contributed by atoms with Crippen molar-refractivity contribution in [1.29, 1.82) is 0 Å². The van der Waals surface area contributed by atoms with Gasteiger partial charge in [0.1, 0.15) is 5.75 Å². The number of halogens is 3. The predicted molar refractivity (Wildman–Crippen MR) is 93.5 cm³/mol. The van der Waals surface area contributed by atoms with Crippen LogP contribution in [0.4, 0.5) is 5.69 Å². The molecule has 0 atom stereocenters. The van der Waals surface area contributed by atoms with Crippen LogP contribution >= 0.6 is 34.8 Å². The van der Waals surface area contributed by atoms with Gasteiger partial charge in [-0.3, -0.25) is 4.79 Å². The van der Waals surface area contributed by atoms with E-state index in [0.29, 0.717) is 5.75 Å². The molecule has 5 nitrogen and oxygen atoms in total. The minimum absolute atomic E-state index is 0.00642. The number of nitrogen functional groups attached to an aromatic ring is 1. The molecule has 2 rings (SSSR count). The van der Waals surface area contributed by atoms with Crippen LogP contribution in [0.15, 0.2) is 30.3 Å². The van der Waals surface area contributed by atoms with Crippen LogP contribution in [0, 0.1) is 0 Å². The largest absolute Gasteiger partial charge is 0.495 e. The van der Waals surface area contributed by atoms with E-state index in [2.05, 4.69) is 0 Å². The van der Waals surface area contributed by atoms with Crippen LogP contribution in [0.3, 0.4) is 0 Å². The minimum atomic E-state index is -0.801. The number of Topliss-reactive ketones (excluding diaryl/α,β-unsaturated/α-hetero) is 1. The van der Waals surface area contributed by atoms with Gasteiger partial charge in [-0.2, -0.15) is 0 Å². The molecule has 0 aliphatic heterocycles. The fourth-order valence-electron chi connectivity index (χ4n) is 1.89. The van der Waals surface area contributed by atoms with Gasteiger partial charge < -0.3 is 15.2 Å². The van der Waals surface area contributed by atoms with Crippen LogP contribution in [0.1, 0.15) is 20.7 Å². The van der Waals surface area contributed by atoms with Crippen LogP contribution in [0.5, 0.6) is 5.75 Å². The number of esters is 1. The quantitative estimate of drug-likeness (QED) is 0.470. The lowest BCUT2D eigenvalue weighted by atomic mass is 10.1. The zero-order chi connectivity index (χ0) is 17.9. The number of hydrogen-bond donors (Lipinski definition) is 1. The molecule has 0 spiro atoms. The molecule has 24 heavy (non-hydrogen) atoms. The highest BCUT2D eigenvalue weighted by molar-refractivity contribution is 6.37. The summed E-state index contributed by atoms with van der Waals surface area (Å²) >= 11 is 17.6. The van der Waals surface area contributed by atoms with Gasteiger partial charge in [-0.1, -0.05) is 34.8 Å². The van der Waals surface area contributed by atoms with Crippen molar-refractivity contribution in [2.75, 3.05) is 19.5 Å². The van der Waals surface area contributed by atoms with E-state index < -0.39 is 18.4 Å². The lowest BCUT2D eigenvalue weighted by molar-refractivity contribution is 0.0476. The number of ketones is 1. The third-order valence-electron chi connectivity index (χ3n) is 3.12. The van der Waals surface area contributed by atoms with Crippen LogP contribution in [-0.4, -0.2) is 25.5 Å². The summed E-state index contributed by atoms with van der Waals surface area (Å²) in [6.45, 7) is -0.481. The van der Waals surface area contributed by atoms with Crippen molar-refractivity contribution < 1.29 is 19.1 Å². The average molecular weight is 389 g/mol. The van der Waals surface area contributed by atoms with Gasteiger partial charge in [0.05, 0.1) is 28.4 Å². The molecule has 0 aliphatic carbocycles. The molecule has 2 N–H and O–H groups in total. The number of hydrogen-bond acceptors (Lipinski definition) is 5. The average Bonchev–Trinajstić information content (AvgIpc) is 2.55. The Balaban J connectivity index is 2.09. The Kier molecular flexibility index (Phi) is 5.94. The molecule has 8 heteroatoms. The van der Waals surface area contributed by atoms with E-state index in [0.717, 1.165) is 0 Å². The van der Waals surface area contributed by atoms with Crippen LogP contribution in [-0.2, 0) is 4.74 Å². The van der Waals surface area contributed by atoms with E-state index in [4.69, 9.17) is 50.0 Å². The smallest absolute Gasteiger partial charge is 0.340 e. The van der Waals surface area contributed by atoms with Gasteiger partial charge in [-0.15, -0.1) is 0 Å². The highest BCUT2D eigenvalue weighted by Gasteiger charge is 2.17. The highest BCUT2D eigenvalue weighted by Crippen LogP contribution is 2.28. The van der Waals surface area contributed by atoms with Crippen molar-refractivity contribution in [2.45, 2.75) is 0 Å². The number of nitrogens with two attached hydrogens (primary N) is 1. The van der Waals surface area contributed by atoms with Gasteiger partial charge in [0.25, 0.3) is 0 Å². The molecular weight excluding hydrogens is 377 g/mol. The minimum Gasteiger partial charge on any atom is -0.495 e. The number of anilines is 1. The van der Waals surface area contributed by atoms with Gasteiger partial charge in [-0.05, 0) is 30.3 Å². The van der Waals surface area contributed by atoms with E-state index in [1.54, 1.807) is 6.07 Å². The molecular formula is C16H12Cl3NO4. The van der Waals surface area contributed by atoms with Crippen molar-refractivity contribution >= 4 is 52.2 Å². The predicted octanol–water partition coefficient (Wildman–Crippen LogP) is 4.28. The molecule has 126 valence electrons. The second-order valence-electron chi connectivity index (χ2n) is 4.70. The summed E-state index contributed by atoms with van der Waals surface area (Å²) in [5.41, 5.74) is 6.02. The Bertz CT molecular complexity index is 808. The zero-order valence-electron chi connectivity index (χ0n) is 12.4. The number of methoxy groups -OCH3 is 1. The first-order valence-electron chi connectivity index (χ1n) is 6.62. The Hall–Kier alpha value is -1.95. The van der Waals surface area contributed by atoms with Crippen LogP contribution < -0.4 is 10.5 Å². The van der Waals surface area contributed by atoms with Crippen molar-refractivity contribution in [3.63, 3.8) is 0 Å². The monoisotopic (exact) mass is 387 g/mol. The molecule has 0 heterocycles. The third-order valence-corrected chi connectivity index (χ3v) is 3.95. The van der Waals surface area contributed by atoms with Gasteiger partial charge >= 0.3 is 5.97 Å². The molecule has 2 aromatic rings. The first-order valence-corrected chi connectivity index (χ1v) is 7.75. The molecule has 0 aromatic heterocycles. The summed E-state index contributed by atoms with van der Waals surface area (Å²) in [7, 11) is 1.46. The normalized spacial score (nSPS) is 10.3. The van der Waals surface area contributed by atoms with E-state index in [-0.39, 0.29) is 31.9 Å². The fourth-order valence-corrected chi connectivity index (χ4v) is 2.64. The van der Waals surface area contributed by atoms with Gasteiger partial charge in [0.2, 0.25) is 0 Å². The van der Waals surface area contributed by atoms with Crippen LogP contribution in [0.25, 0.3) is 0 Å². The maximum absolute atomic E-state index is 12.1. The summed E-state index contributed by atoms with van der Waals surface area (Å²) in [6, 6.07) is 7.22. The molecule has 0 radical (unpaired) electrons. The van der Waals surface area contributed by atoms with Crippen molar-refractivity contribution in [1.82, 2.24) is 0 Å². The Morgan fingerprint density at radius 2 is 1.79 bits per heavy atom. The van der Waals surface area contributed by atoms with Crippen molar-refractivity contribution in [3.8, 4) is 5.75 Å². The van der Waals surface area contributed by atoms with Crippen LogP contribution in [0.2, 0.25) is 15.1 Å². The summed E-state index contributed by atoms with van der Waals surface area (Å²) in [5, 5.41) is 0.637. The molecule has 2 aromatic carbocycles. The molecule has 0 unspecified atom stereocenters. The van der Waals surface area contributed by atoms with Gasteiger partial charge in [0, 0.05) is 10.6 Å². The molecule has 0 bridgehead atoms. The number of benzene rings is 2. The first kappa shape index (κ1) is 18.4. The molecule has 0 amide bonds. The SMILES string of the molecule is COc1ccc(C(=O)COC(=O)c2cc(Cl)cc(Cl)c2N)cc1Cl. The lowest BCUT2D eigenvalue weighted by Crippen LogP contribution is -2.15. The summed E-state index contributed by atoms with van der Waals surface area (Å²) in [4.78, 5) is 24.1. The highest BCUT2D eigenvalue weighted by atomic mass is 35.5. The molecule has 0 aliphatic rings. The Morgan fingerprint density at radius 3 is 2.42 bits per heavy atom. The maximum Gasteiger partial charge on any atom is 0.340 e. The second-order valence-corrected chi connectivity index (χ2v) is 5.95.